The third-order valence-electron chi connectivity index (χ3n) is 4.90. The van der Waals surface area contributed by atoms with Crippen LogP contribution in [0.25, 0.3) is 0 Å². The summed E-state index contributed by atoms with van der Waals surface area (Å²) in [4.78, 5) is 7.34. The van der Waals surface area contributed by atoms with Gasteiger partial charge in [0.1, 0.15) is 0 Å². The van der Waals surface area contributed by atoms with Gasteiger partial charge in [0.25, 0.3) is 0 Å². The first-order chi connectivity index (χ1) is 14.1. The van der Waals surface area contributed by atoms with Crippen LogP contribution in [-0.2, 0) is 21.3 Å². The van der Waals surface area contributed by atoms with Crippen molar-refractivity contribution in [3.8, 4) is 0 Å². The lowest BCUT2D eigenvalue weighted by atomic mass is 10.0. The molecule has 6 nitrogen and oxygen atoms in total. The summed E-state index contributed by atoms with van der Waals surface area (Å²) >= 11 is 0. The number of rotatable bonds is 11. The molecule has 0 spiro atoms. The fourth-order valence-electron chi connectivity index (χ4n) is 3.48. The van der Waals surface area contributed by atoms with Gasteiger partial charge in [-0.25, -0.2) is 0 Å². The van der Waals surface area contributed by atoms with Gasteiger partial charge in [-0.15, -0.1) is 24.0 Å². The molecular weight excluding hydrogens is 511 g/mol. The van der Waals surface area contributed by atoms with Crippen LogP contribution in [0.1, 0.15) is 32.8 Å². The van der Waals surface area contributed by atoms with Crippen LogP contribution in [0.5, 0.6) is 0 Å². The van der Waals surface area contributed by atoms with Crippen molar-refractivity contribution in [1.82, 2.24) is 15.5 Å². The van der Waals surface area contributed by atoms with Crippen LogP contribution in [0.4, 0.5) is 0 Å². The van der Waals surface area contributed by atoms with E-state index in [-0.39, 0.29) is 24.0 Å². The second-order valence-corrected chi connectivity index (χ2v) is 9.43. The lowest BCUT2D eigenvalue weighted by molar-refractivity contribution is 0.0143. The molecule has 1 fully saturated rings. The lowest BCUT2D eigenvalue weighted by Crippen LogP contribution is -2.46. The van der Waals surface area contributed by atoms with E-state index in [2.05, 4.69) is 36.3 Å². The molecule has 1 saturated heterocycles. The van der Waals surface area contributed by atoms with Crippen molar-refractivity contribution in [2.24, 2.45) is 10.9 Å². The van der Waals surface area contributed by atoms with Crippen LogP contribution in [-0.4, -0.2) is 72.8 Å². The van der Waals surface area contributed by atoms with E-state index in [1.165, 1.54) is 0 Å². The maximum Gasteiger partial charge on any atom is 0.191 e. The quantitative estimate of drug-likeness (QED) is 0.252. The van der Waals surface area contributed by atoms with E-state index >= 15 is 0 Å². The molecule has 0 bridgehead atoms. The average Bonchev–Trinajstić information content (AvgIpc) is 2.72. The summed E-state index contributed by atoms with van der Waals surface area (Å²) in [6.45, 7) is 12.4. The Morgan fingerprint density at radius 1 is 1.20 bits per heavy atom. The van der Waals surface area contributed by atoms with E-state index in [1.54, 1.807) is 0 Å². The minimum Gasteiger partial charge on any atom is -0.379 e. The Balaban J connectivity index is 0.00000450. The van der Waals surface area contributed by atoms with E-state index < -0.39 is 10.8 Å². The highest BCUT2D eigenvalue weighted by molar-refractivity contribution is 14.0. The molecule has 2 N–H and O–H groups in total. The van der Waals surface area contributed by atoms with Crippen LogP contribution in [0, 0.1) is 5.92 Å². The molecule has 0 saturated carbocycles. The molecule has 0 aromatic heterocycles. The smallest absolute Gasteiger partial charge is 0.191 e. The molecule has 2 rings (SSSR count). The maximum absolute atomic E-state index is 12.3. The fourth-order valence-corrected chi connectivity index (χ4v) is 4.52. The molecule has 0 amide bonds. The summed E-state index contributed by atoms with van der Waals surface area (Å²) in [7, 11) is -0.883. The Morgan fingerprint density at radius 2 is 1.90 bits per heavy atom. The average molecular weight is 551 g/mol. The largest absolute Gasteiger partial charge is 0.379 e. The highest BCUT2D eigenvalue weighted by atomic mass is 127. The second kappa shape index (κ2) is 16.0. The van der Waals surface area contributed by atoms with Crippen molar-refractivity contribution < 1.29 is 8.95 Å². The van der Waals surface area contributed by atoms with Gasteiger partial charge in [-0.05, 0) is 24.8 Å². The van der Waals surface area contributed by atoms with Gasteiger partial charge in [0.05, 0.1) is 19.8 Å². The number of aliphatic imine (C=N–C) groups is 1. The molecule has 30 heavy (non-hydrogen) atoms. The zero-order valence-electron chi connectivity index (χ0n) is 18.6. The Kier molecular flexibility index (Phi) is 14.6. The number of nitrogens with one attached hydrogen (secondary N) is 2. The van der Waals surface area contributed by atoms with Gasteiger partial charge in [-0.1, -0.05) is 44.2 Å². The molecule has 1 heterocycles. The molecule has 2 unspecified atom stereocenters. The zero-order chi connectivity index (χ0) is 20.9. The fraction of sp³-hybridized carbons (Fsp3) is 0.682. The zero-order valence-corrected chi connectivity index (χ0v) is 21.8. The third-order valence-corrected chi connectivity index (χ3v) is 6.22. The Labute approximate surface area is 202 Å². The topological polar surface area (TPSA) is 66.0 Å². The molecular formula is C22H39IN4O2S. The summed E-state index contributed by atoms with van der Waals surface area (Å²) < 4.78 is 17.8. The third kappa shape index (κ3) is 11.1. The standard InChI is InChI=1S/C22H38N4O2S.HI/c1-4-23-22(24-10-15-29(27)18-20-8-6-5-7-9-20)25-17-21(16-19(2)3)26-11-13-28-14-12-26;/h5-9,19,21H,4,10-18H2,1-3H3,(H2,23,24,25);1H. The molecule has 2 atom stereocenters. The molecule has 172 valence electrons. The summed E-state index contributed by atoms with van der Waals surface area (Å²) in [5.41, 5.74) is 1.12. The van der Waals surface area contributed by atoms with Crippen molar-refractivity contribution in [3.63, 3.8) is 0 Å². The Morgan fingerprint density at radius 3 is 2.53 bits per heavy atom. The highest BCUT2D eigenvalue weighted by Gasteiger charge is 2.21. The summed E-state index contributed by atoms with van der Waals surface area (Å²) in [6.07, 6.45) is 1.13. The minimum atomic E-state index is -0.883. The predicted molar refractivity (Wildman–Crippen MR) is 138 cm³/mol. The summed E-state index contributed by atoms with van der Waals surface area (Å²) in [5.74, 6) is 2.65. The van der Waals surface area contributed by atoms with Crippen molar-refractivity contribution in [1.29, 1.82) is 0 Å². The SMILES string of the molecule is CCNC(=NCC(CC(C)C)N1CCOCC1)NCCS(=O)Cc1ccccc1.I. The van der Waals surface area contributed by atoms with Gasteiger partial charge in [-0.2, -0.15) is 0 Å². The van der Waals surface area contributed by atoms with Crippen molar-refractivity contribution in [2.75, 3.05) is 51.7 Å². The lowest BCUT2D eigenvalue weighted by Gasteiger charge is -2.34. The number of hydrogen-bond acceptors (Lipinski definition) is 4. The Hall–Kier alpha value is -0.710. The van der Waals surface area contributed by atoms with Gasteiger partial charge in [0.15, 0.2) is 5.96 Å². The number of benzene rings is 1. The summed E-state index contributed by atoms with van der Waals surface area (Å²) in [6, 6.07) is 10.4. The molecule has 1 aromatic carbocycles. The van der Waals surface area contributed by atoms with Gasteiger partial charge in [-0.3, -0.25) is 14.1 Å². The van der Waals surface area contributed by atoms with Crippen LogP contribution < -0.4 is 10.6 Å². The second-order valence-electron chi connectivity index (χ2n) is 7.85. The van der Waals surface area contributed by atoms with Crippen LogP contribution >= 0.6 is 24.0 Å². The predicted octanol–water partition coefficient (Wildman–Crippen LogP) is 2.86. The van der Waals surface area contributed by atoms with Gasteiger partial charge in [0.2, 0.25) is 0 Å². The number of nitrogens with zero attached hydrogens (tertiary/aromatic N) is 2. The molecule has 1 aromatic rings. The summed E-state index contributed by atoms with van der Waals surface area (Å²) in [5, 5.41) is 6.67. The van der Waals surface area contributed by atoms with E-state index in [4.69, 9.17) is 9.73 Å². The number of ether oxygens (including phenoxy) is 1. The van der Waals surface area contributed by atoms with E-state index in [9.17, 15) is 4.21 Å². The van der Waals surface area contributed by atoms with Crippen LogP contribution in [0.15, 0.2) is 35.3 Å². The maximum atomic E-state index is 12.3. The van der Waals surface area contributed by atoms with E-state index in [0.717, 1.165) is 57.3 Å². The normalized spacial score (nSPS) is 17.3. The Bertz CT molecular complexity index is 625. The van der Waals surface area contributed by atoms with E-state index in [0.29, 0.717) is 30.0 Å². The van der Waals surface area contributed by atoms with E-state index in [1.807, 2.05) is 30.3 Å². The number of halogens is 1. The molecule has 0 radical (unpaired) electrons. The monoisotopic (exact) mass is 550 g/mol. The van der Waals surface area contributed by atoms with Crippen molar-refractivity contribution >= 4 is 40.7 Å². The highest BCUT2D eigenvalue weighted by Crippen LogP contribution is 2.14. The van der Waals surface area contributed by atoms with Crippen LogP contribution in [0.3, 0.4) is 0 Å². The minimum absolute atomic E-state index is 0. The number of morpholine rings is 1. The van der Waals surface area contributed by atoms with Crippen LogP contribution in [0.2, 0.25) is 0 Å². The van der Waals surface area contributed by atoms with Crippen molar-refractivity contribution in [2.45, 2.75) is 39.0 Å². The van der Waals surface area contributed by atoms with Gasteiger partial charge < -0.3 is 15.4 Å². The van der Waals surface area contributed by atoms with Gasteiger partial charge >= 0.3 is 0 Å². The first-order valence-corrected chi connectivity index (χ1v) is 12.3. The first kappa shape index (κ1) is 27.3. The first-order valence-electron chi connectivity index (χ1n) is 10.8. The molecule has 1 aliphatic rings. The van der Waals surface area contributed by atoms with Crippen molar-refractivity contribution in [3.05, 3.63) is 35.9 Å². The molecule has 8 heteroatoms. The number of hydrogen-bond donors (Lipinski definition) is 2. The number of guanidine groups is 1. The molecule has 0 aliphatic carbocycles. The molecule has 1 aliphatic heterocycles. The van der Waals surface area contributed by atoms with Gasteiger partial charge in [0, 0.05) is 54.5 Å².